The van der Waals surface area contributed by atoms with Crippen molar-refractivity contribution in [1.29, 1.82) is 0 Å². The Labute approximate surface area is 101 Å². The Bertz CT molecular complexity index is 438. The van der Waals surface area contributed by atoms with Crippen molar-refractivity contribution in [2.24, 2.45) is 0 Å². The van der Waals surface area contributed by atoms with Crippen LogP contribution in [0.15, 0.2) is 29.8 Å². The van der Waals surface area contributed by atoms with Gasteiger partial charge in [-0.25, -0.2) is 4.79 Å². The van der Waals surface area contributed by atoms with E-state index in [0.717, 1.165) is 22.6 Å². The highest BCUT2D eigenvalue weighted by molar-refractivity contribution is 5.80. The zero-order valence-corrected chi connectivity index (χ0v) is 10.3. The Morgan fingerprint density at radius 1 is 1.53 bits per heavy atom. The number of benzene rings is 1. The molecule has 1 aromatic rings. The van der Waals surface area contributed by atoms with Crippen molar-refractivity contribution in [3.63, 3.8) is 0 Å². The third-order valence-corrected chi connectivity index (χ3v) is 2.28. The Morgan fingerprint density at radius 2 is 2.24 bits per heavy atom. The Morgan fingerprint density at radius 3 is 2.82 bits per heavy atom. The van der Waals surface area contributed by atoms with Crippen molar-refractivity contribution in [1.82, 2.24) is 0 Å². The lowest BCUT2D eigenvalue weighted by Crippen LogP contribution is -2.06. The van der Waals surface area contributed by atoms with E-state index in [1.165, 1.54) is 6.08 Å². The Hall–Kier alpha value is -1.97. The van der Waals surface area contributed by atoms with Crippen LogP contribution in [-0.2, 0) is 4.79 Å². The molecule has 92 valence electrons. The number of hydrogen-bond donors (Lipinski definition) is 2. The largest absolute Gasteiger partial charge is 0.495 e. The normalized spacial score (nSPS) is 11.1. The van der Waals surface area contributed by atoms with Gasteiger partial charge in [0.1, 0.15) is 5.75 Å². The minimum atomic E-state index is -0.930. The summed E-state index contributed by atoms with van der Waals surface area (Å²) < 4.78 is 5.22. The van der Waals surface area contributed by atoms with E-state index in [4.69, 9.17) is 9.84 Å². The second-order valence-electron chi connectivity index (χ2n) is 3.89. The molecule has 4 nitrogen and oxygen atoms in total. The minimum Gasteiger partial charge on any atom is -0.495 e. The van der Waals surface area contributed by atoms with Gasteiger partial charge in [-0.3, -0.25) is 0 Å². The molecule has 0 atom stereocenters. The lowest BCUT2D eigenvalue weighted by Gasteiger charge is -2.12. The molecule has 17 heavy (non-hydrogen) atoms. The van der Waals surface area contributed by atoms with Gasteiger partial charge in [0.25, 0.3) is 0 Å². The van der Waals surface area contributed by atoms with Crippen LogP contribution in [0.5, 0.6) is 5.75 Å². The first kappa shape index (κ1) is 13.1. The summed E-state index contributed by atoms with van der Waals surface area (Å²) in [7, 11) is 1.61. The number of aliphatic carboxylic acids is 1. The molecule has 1 rings (SSSR count). The van der Waals surface area contributed by atoms with Crippen LogP contribution < -0.4 is 10.1 Å². The van der Waals surface area contributed by atoms with E-state index < -0.39 is 5.97 Å². The fourth-order valence-corrected chi connectivity index (χ4v) is 1.46. The number of aryl methyl sites for hydroxylation is 1. The smallest absolute Gasteiger partial charge is 0.328 e. The number of anilines is 1. The second kappa shape index (κ2) is 5.94. The first-order valence-electron chi connectivity index (χ1n) is 5.31. The van der Waals surface area contributed by atoms with E-state index >= 15 is 0 Å². The van der Waals surface area contributed by atoms with Crippen molar-refractivity contribution in [2.75, 3.05) is 19.0 Å². The molecule has 0 fully saturated rings. The number of rotatable bonds is 5. The number of hydrogen-bond acceptors (Lipinski definition) is 3. The van der Waals surface area contributed by atoms with Crippen LogP contribution in [0.2, 0.25) is 0 Å². The van der Waals surface area contributed by atoms with E-state index in [1.807, 2.05) is 25.1 Å². The summed E-state index contributed by atoms with van der Waals surface area (Å²) in [5.74, 6) is -0.181. The standard InChI is InChI=1S/C13H17NO3/c1-9-4-5-12(17-3)11(6-9)14-8-10(2)7-13(15)16/h4-7,14H,8H2,1-3H3,(H,15,16)/b10-7+. The monoisotopic (exact) mass is 235 g/mol. The molecule has 0 aliphatic carbocycles. The predicted molar refractivity (Wildman–Crippen MR) is 67.6 cm³/mol. The van der Waals surface area contributed by atoms with Gasteiger partial charge in [0.05, 0.1) is 12.8 Å². The fourth-order valence-electron chi connectivity index (χ4n) is 1.46. The molecule has 1 aromatic carbocycles. The molecule has 0 heterocycles. The van der Waals surface area contributed by atoms with E-state index in [9.17, 15) is 4.79 Å². The zero-order valence-electron chi connectivity index (χ0n) is 10.3. The van der Waals surface area contributed by atoms with Gasteiger partial charge in [0.15, 0.2) is 0 Å². The van der Waals surface area contributed by atoms with Crippen LogP contribution in [0.1, 0.15) is 12.5 Å². The summed E-state index contributed by atoms with van der Waals surface area (Å²) in [5, 5.41) is 11.8. The maximum absolute atomic E-state index is 10.5. The third kappa shape index (κ3) is 4.18. The topological polar surface area (TPSA) is 58.6 Å². The number of carboxylic acid groups (broad SMARTS) is 1. The summed E-state index contributed by atoms with van der Waals surface area (Å²) in [4.78, 5) is 10.5. The molecule has 0 saturated carbocycles. The van der Waals surface area contributed by atoms with E-state index in [2.05, 4.69) is 5.32 Å². The molecule has 0 bridgehead atoms. The Balaban J connectivity index is 2.74. The molecule has 0 aliphatic rings. The SMILES string of the molecule is COc1ccc(C)cc1NC/C(C)=C/C(=O)O. The van der Waals surface area contributed by atoms with Crippen molar-refractivity contribution < 1.29 is 14.6 Å². The highest BCUT2D eigenvalue weighted by Crippen LogP contribution is 2.25. The van der Waals surface area contributed by atoms with Crippen LogP contribution in [0.25, 0.3) is 0 Å². The van der Waals surface area contributed by atoms with Crippen LogP contribution in [0.4, 0.5) is 5.69 Å². The number of carbonyl (C=O) groups is 1. The van der Waals surface area contributed by atoms with Gasteiger partial charge < -0.3 is 15.2 Å². The number of carboxylic acids is 1. The van der Waals surface area contributed by atoms with Gasteiger partial charge in [0, 0.05) is 12.6 Å². The molecular weight excluding hydrogens is 218 g/mol. The summed E-state index contributed by atoms with van der Waals surface area (Å²) in [5.41, 5.74) is 2.74. The first-order valence-corrected chi connectivity index (χ1v) is 5.31. The fraction of sp³-hybridized carbons (Fsp3) is 0.308. The molecule has 0 saturated heterocycles. The second-order valence-corrected chi connectivity index (χ2v) is 3.89. The van der Waals surface area contributed by atoms with Gasteiger partial charge in [-0.15, -0.1) is 0 Å². The number of nitrogens with one attached hydrogen (secondary N) is 1. The van der Waals surface area contributed by atoms with E-state index in [1.54, 1.807) is 14.0 Å². The van der Waals surface area contributed by atoms with Crippen molar-refractivity contribution in [2.45, 2.75) is 13.8 Å². The highest BCUT2D eigenvalue weighted by atomic mass is 16.5. The number of ether oxygens (including phenoxy) is 1. The molecule has 0 aliphatic heterocycles. The summed E-state index contributed by atoms with van der Waals surface area (Å²) >= 11 is 0. The van der Waals surface area contributed by atoms with Crippen molar-refractivity contribution >= 4 is 11.7 Å². The summed E-state index contributed by atoms with van der Waals surface area (Å²) in [6.07, 6.45) is 1.19. The van der Waals surface area contributed by atoms with Crippen LogP contribution in [-0.4, -0.2) is 24.7 Å². The summed E-state index contributed by atoms with van der Waals surface area (Å²) in [6, 6.07) is 5.81. The molecule has 0 aromatic heterocycles. The highest BCUT2D eigenvalue weighted by Gasteiger charge is 2.02. The molecule has 0 radical (unpaired) electrons. The molecule has 2 N–H and O–H groups in total. The van der Waals surface area contributed by atoms with Gasteiger partial charge in [-0.05, 0) is 37.1 Å². The van der Waals surface area contributed by atoms with Crippen molar-refractivity contribution in [3.8, 4) is 5.75 Å². The molecule has 0 amide bonds. The maximum Gasteiger partial charge on any atom is 0.328 e. The number of methoxy groups -OCH3 is 1. The Kier molecular flexibility index (Phi) is 4.57. The third-order valence-electron chi connectivity index (χ3n) is 2.28. The maximum atomic E-state index is 10.5. The van der Waals surface area contributed by atoms with E-state index in [-0.39, 0.29) is 0 Å². The zero-order chi connectivity index (χ0) is 12.8. The lowest BCUT2D eigenvalue weighted by atomic mass is 10.2. The molecule has 0 spiro atoms. The van der Waals surface area contributed by atoms with Gasteiger partial charge in [0.2, 0.25) is 0 Å². The van der Waals surface area contributed by atoms with Crippen LogP contribution in [0, 0.1) is 6.92 Å². The predicted octanol–water partition coefficient (Wildman–Crippen LogP) is 2.45. The average Bonchev–Trinajstić information content (AvgIpc) is 2.25. The lowest BCUT2D eigenvalue weighted by molar-refractivity contribution is -0.131. The van der Waals surface area contributed by atoms with Crippen LogP contribution >= 0.6 is 0 Å². The first-order chi connectivity index (χ1) is 8.02. The van der Waals surface area contributed by atoms with Gasteiger partial charge in [-0.1, -0.05) is 6.07 Å². The molecular formula is C13H17NO3. The average molecular weight is 235 g/mol. The van der Waals surface area contributed by atoms with Crippen LogP contribution in [0.3, 0.4) is 0 Å². The van der Waals surface area contributed by atoms with Gasteiger partial charge >= 0.3 is 5.97 Å². The van der Waals surface area contributed by atoms with Gasteiger partial charge in [-0.2, -0.15) is 0 Å². The van der Waals surface area contributed by atoms with Crippen molar-refractivity contribution in [3.05, 3.63) is 35.4 Å². The summed E-state index contributed by atoms with van der Waals surface area (Å²) in [6.45, 7) is 4.24. The molecule has 0 unspecified atom stereocenters. The van der Waals surface area contributed by atoms with E-state index in [0.29, 0.717) is 6.54 Å². The quantitative estimate of drug-likeness (QED) is 0.770. The molecule has 4 heteroatoms. The minimum absolute atomic E-state index is 0.478.